The van der Waals surface area contributed by atoms with Gasteiger partial charge in [-0.05, 0) is 42.3 Å². The van der Waals surface area contributed by atoms with Crippen molar-refractivity contribution in [2.75, 3.05) is 26.7 Å². The van der Waals surface area contributed by atoms with E-state index in [2.05, 4.69) is 15.5 Å². The Labute approximate surface area is 172 Å². The number of aromatic amines is 1. The molecular weight excluding hydrogens is 387 g/mol. The van der Waals surface area contributed by atoms with Crippen molar-refractivity contribution in [2.24, 2.45) is 0 Å². The Morgan fingerprint density at radius 1 is 1.20 bits per heavy atom. The molecule has 0 spiro atoms. The lowest BCUT2D eigenvalue weighted by atomic mass is 10.1. The summed E-state index contributed by atoms with van der Waals surface area (Å²) >= 11 is 0. The second-order valence-electron chi connectivity index (χ2n) is 6.98. The highest BCUT2D eigenvalue weighted by Gasteiger charge is 2.22. The van der Waals surface area contributed by atoms with Crippen molar-refractivity contribution in [1.82, 2.24) is 20.4 Å². The molecule has 1 fully saturated rings. The predicted octanol–water partition coefficient (Wildman–Crippen LogP) is 2.84. The maximum atomic E-state index is 13.1. The Hall–Kier alpha value is -3.68. The number of likely N-dealkylation sites (tertiary alicyclic amines) is 1. The lowest BCUT2D eigenvalue weighted by Gasteiger charge is -2.30. The normalized spacial score (nSPS) is 13.5. The van der Waals surface area contributed by atoms with E-state index in [-0.39, 0.29) is 18.3 Å². The Kier molecular flexibility index (Phi) is 5.47. The summed E-state index contributed by atoms with van der Waals surface area (Å²) < 4.78 is 18.6. The van der Waals surface area contributed by atoms with Crippen molar-refractivity contribution in [2.45, 2.75) is 6.42 Å². The molecule has 0 bridgehead atoms. The number of amides is 2. The Bertz CT molecular complexity index is 1120. The second kappa shape index (κ2) is 8.36. The van der Waals surface area contributed by atoms with Crippen LogP contribution >= 0.6 is 0 Å². The Morgan fingerprint density at radius 3 is 2.63 bits per heavy atom. The van der Waals surface area contributed by atoms with Crippen LogP contribution in [0.2, 0.25) is 0 Å². The molecule has 1 saturated heterocycles. The van der Waals surface area contributed by atoms with Gasteiger partial charge in [0.25, 0.3) is 5.91 Å². The molecular formula is C22H21FN4O3. The number of carbonyl (C=O) groups is 2. The van der Waals surface area contributed by atoms with Gasteiger partial charge in [0.1, 0.15) is 11.6 Å². The average molecular weight is 408 g/mol. The van der Waals surface area contributed by atoms with Crippen LogP contribution in [0.1, 0.15) is 28.0 Å². The van der Waals surface area contributed by atoms with E-state index >= 15 is 0 Å². The summed E-state index contributed by atoms with van der Waals surface area (Å²) in [6.45, 7) is 1.42. The van der Waals surface area contributed by atoms with Crippen molar-refractivity contribution in [3.8, 4) is 5.75 Å². The summed E-state index contributed by atoms with van der Waals surface area (Å²) in [6, 6.07) is 9.46. The van der Waals surface area contributed by atoms with Gasteiger partial charge in [-0.15, -0.1) is 0 Å². The molecule has 8 heteroatoms. The smallest absolute Gasteiger partial charge is 0.255 e. The number of fused-ring (bicyclic) bond motifs is 1. The second-order valence-corrected chi connectivity index (χ2v) is 6.98. The minimum Gasteiger partial charge on any atom is -0.495 e. The van der Waals surface area contributed by atoms with Gasteiger partial charge in [0.2, 0.25) is 5.91 Å². The molecule has 0 atom stereocenters. The molecule has 2 amide bonds. The Morgan fingerprint density at radius 2 is 1.97 bits per heavy atom. The lowest BCUT2D eigenvalue weighted by Crippen LogP contribution is -2.47. The summed E-state index contributed by atoms with van der Waals surface area (Å²) in [5, 5.41) is 10.5. The number of nitrogens with zero attached hydrogens (tertiary/aromatic N) is 2. The molecule has 2 aromatic carbocycles. The van der Waals surface area contributed by atoms with Gasteiger partial charge in [-0.3, -0.25) is 14.7 Å². The number of hydrogen-bond donors (Lipinski definition) is 2. The molecule has 1 aliphatic rings. The molecule has 0 aliphatic carbocycles. The molecule has 1 aromatic heterocycles. The van der Waals surface area contributed by atoms with E-state index in [1.165, 1.54) is 19.2 Å². The van der Waals surface area contributed by atoms with Crippen LogP contribution < -0.4 is 10.1 Å². The maximum absolute atomic E-state index is 13.1. The molecule has 7 nitrogen and oxygen atoms in total. The first kappa shape index (κ1) is 19.6. The number of hydrogen-bond acceptors (Lipinski definition) is 4. The van der Waals surface area contributed by atoms with E-state index < -0.39 is 5.91 Å². The molecule has 30 heavy (non-hydrogen) atoms. The van der Waals surface area contributed by atoms with Crippen LogP contribution in [0.25, 0.3) is 23.1 Å². The van der Waals surface area contributed by atoms with Gasteiger partial charge in [-0.2, -0.15) is 5.10 Å². The van der Waals surface area contributed by atoms with Crippen LogP contribution in [0.4, 0.5) is 4.39 Å². The number of benzene rings is 2. The van der Waals surface area contributed by atoms with Gasteiger partial charge >= 0.3 is 0 Å². The highest BCUT2D eigenvalue weighted by Crippen LogP contribution is 2.32. The van der Waals surface area contributed by atoms with E-state index in [1.807, 2.05) is 0 Å². The zero-order valence-electron chi connectivity index (χ0n) is 16.4. The number of ether oxygens (including phenoxy) is 1. The van der Waals surface area contributed by atoms with Crippen molar-refractivity contribution in [1.29, 1.82) is 0 Å². The molecule has 2 heterocycles. The number of H-pyrrole nitrogens is 1. The third-order valence-corrected chi connectivity index (χ3v) is 5.07. The van der Waals surface area contributed by atoms with Crippen LogP contribution in [0.5, 0.6) is 5.75 Å². The van der Waals surface area contributed by atoms with E-state index in [0.717, 1.165) is 25.1 Å². The minimum atomic E-state index is -0.391. The largest absolute Gasteiger partial charge is 0.495 e. The third kappa shape index (κ3) is 3.89. The van der Waals surface area contributed by atoms with E-state index in [9.17, 15) is 14.0 Å². The van der Waals surface area contributed by atoms with Gasteiger partial charge in [-0.25, -0.2) is 4.39 Å². The molecule has 0 unspecified atom stereocenters. The van der Waals surface area contributed by atoms with Crippen LogP contribution in [-0.4, -0.2) is 53.7 Å². The van der Waals surface area contributed by atoms with Gasteiger partial charge in [-0.1, -0.05) is 18.2 Å². The first-order valence-electron chi connectivity index (χ1n) is 9.61. The minimum absolute atomic E-state index is 0.0528. The fourth-order valence-corrected chi connectivity index (χ4v) is 3.30. The first-order valence-corrected chi connectivity index (χ1v) is 9.61. The summed E-state index contributed by atoms with van der Waals surface area (Å²) in [6.07, 6.45) is 4.57. The molecule has 2 N–H and O–H groups in total. The van der Waals surface area contributed by atoms with Crippen molar-refractivity contribution in [3.63, 3.8) is 0 Å². The van der Waals surface area contributed by atoms with E-state index in [1.54, 1.807) is 41.3 Å². The number of nitrogens with one attached hydrogen (secondary N) is 2. The molecule has 3 aromatic rings. The highest BCUT2D eigenvalue weighted by molar-refractivity contribution is 6.06. The number of aromatic nitrogens is 2. The Balaban J connectivity index is 1.60. The summed E-state index contributed by atoms with van der Waals surface area (Å²) in [4.78, 5) is 26.4. The van der Waals surface area contributed by atoms with Crippen LogP contribution in [0.3, 0.4) is 0 Å². The van der Waals surface area contributed by atoms with Crippen molar-refractivity contribution < 1.29 is 18.7 Å². The quantitative estimate of drug-likeness (QED) is 0.657. The number of halogens is 1. The maximum Gasteiger partial charge on any atom is 0.255 e. The molecule has 0 saturated carbocycles. The predicted molar refractivity (Wildman–Crippen MR) is 112 cm³/mol. The highest BCUT2D eigenvalue weighted by atomic mass is 19.1. The third-order valence-electron chi connectivity index (χ3n) is 5.07. The molecule has 1 aliphatic heterocycles. The zero-order chi connectivity index (χ0) is 21.1. The lowest BCUT2D eigenvalue weighted by molar-refractivity contribution is -0.133. The summed E-state index contributed by atoms with van der Waals surface area (Å²) in [5.74, 6) is -0.422. The monoisotopic (exact) mass is 408 g/mol. The molecule has 0 radical (unpaired) electrons. The van der Waals surface area contributed by atoms with Gasteiger partial charge in [0.05, 0.1) is 35.8 Å². The topological polar surface area (TPSA) is 87.3 Å². The van der Waals surface area contributed by atoms with Gasteiger partial charge < -0.3 is 15.0 Å². The standard InChI is InChI=1S/C22H21FN4O3/c1-30-21-16(22(29)24-13-19(28)27-11-2-12-27)8-10-18-20(21)17(25-26-18)9-5-14-3-6-15(23)7-4-14/h3-10H,2,11-13H2,1H3,(H,24,29)(H,25,26)/b9-5+. The van der Waals surface area contributed by atoms with Crippen molar-refractivity contribution in [3.05, 3.63) is 59.0 Å². The van der Waals surface area contributed by atoms with Crippen LogP contribution in [-0.2, 0) is 4.79 Å². The summed E-state index contributed by atoms with van der Waals surface area (Å²) in [7, 11) is 1.48. The van der Waals surface area contributed by atoms with E-state index in [4.69, 9.17) is 4.74 Å². The van der Waals surface area contributed by atoms with E-state index in [0.29, 0.717) is 27.9 Å². The number of methoxy groups -OCH3 is 1. The van der Waals surface area contributed by atoms with Gasteiger partial charge in [0, 0.05) is 13.1 Å². The summed E-state index contributed by atoms with van der Waals surface area (Å²) in [5.41, 5.74) is 2.42. The van der Waals surface area contributed by atoms with Crippen LogP contribution in [0.15, 0.2) is 36.4 Å². The molecule has 154 valence electrons. The average Bonchev–Trinajstić information content (AvgIpc) is 3.13. The zero-order valence-corrected chi connectivity index (χ0v) is 16.4. The first-order chi connectivity index (χ1) is 14.6. The fourth-order valence-electron chi connectivity index (χ4n) is 3.30. The van der Waals surface area contributed by atoms with Crippen molar-refractivity contribution >= 4 is 34.9 Å². The fraction of sp³-hybridized carbons (Fsp3) is 0.227. The van der Waals surface area contributed by atoms with Crippen LogP contribution in [0, 0.1) is 5.82 Å². The SMILES string of the molecule is COc1c(C(=O)NCC(=O)N2CCC2)ccc2[nH]nc(/C=C/c3ccc(F)cc3)c12. The molecule has 4 rings (SSSR count). The van der Waals surface area contributed by atoms with Gasteiger partial charge in [0.15, 0.2) is 0 Å². The number of carbonyl (C=O) groups excluding carboxylic acids is 2. The number of rotatable bonds is 6.